The maximum absolute atomic E-state index is 12.1. The number of aryl methyl sites for hydroxylation is 1. The molecule has 1 aliphatic rings. The van der Waals surface area contributed by atoms with E-state index in [1.165, 1.54) is 6.42 Å². The fraction of sp³-hybridized carbons (Fsp3) is 0.636. The van der Waals surface area contributed by atoms with Crippen molar-refractivity contribution in [1.82, 2.24) is 15.1 Å². The first-order valence-electron chi connectivity index (χ1n) is 5.51. The lowest BCUT2D eigenvalue weighted by Gasteiger charge is -2.26. The molecule has 4 heteroatoms. The molecule has 1 amide bonds. The molecule has 0 aromatic carbocycles. The van der Waals surface area contributed by atoms with Crippen LogP contribution in [0.25, 0.3) is 0 Å². The molecule has 2 heterocycles. The van der Waals surface area contributed by atoms with Gasteiger partial charge in [-0.1, -0.05) is 0 Å². The van der Waals surface area contributed by atoms with E-state index in [1.54, 1.807) is 0 Å². The zero-order valence-corrected chi connectivity index (χ0v) is 9.34. The van der Waals surface area contributed by atoms with Gasteiger partial charge in [0, 0.05) is 24.3 Å². The highest BCUT2D eigenvalue weighted by molar-refractivity contribution is 5.93. The van der Waals surface area contributed by atoms with Crippen LogP contribution in [0.3, 0.4) is 0 Å². The number of rotatable bonds is 1. The largest absolute Gasteiger partial charge is 0.337 e. The molecular formula is C11H17N3O. The number of H-pyrrole nitrogens is 1. The molecule has 0 aliphatic carbocycles. The Labute approximate surface area is 89.7 Å². The summed E-state index contributed by atoms with van der Waals surface area (Å²) in [6, 6.07) is 0. The van der Waals surface area contributed by atoms with Crippen LogP contribution in [0.15, 0.2) is 0 Å². The second-order valence-corrected chi connectivity index (χ2v) is 4.18. The number of aromatic amines is 1. The summed E-state index contributed by atoms with van der Waals surface area (Å²) in [6.45, 7) is 5.64. The Morgan fingerprint density at radius 1 is 1.27 bits per heavy atom. The van der Waals surface area contributed by atoms with Gasteiger partial charge in [0.1, 0.15) is 0 Å². The van der Waals surface area contributed by atoms with E-state index < -0.39 is 0 Å². The molecule has 1 N–H and O–H groups in total. The molecule has 0 radical (unpaired) electrons. The van der Waals surface area contributed by atoms with Gasteiger partial charge in [-0.15, -0.1) is 0 Å². The zero-order chi connectivity index (χ0) is 10.8. The molecule has 82 valence electrons. The highest BCUT2D eigenvalue weighted by Crippen LogP contribution is 2.15. The minimum absolute atomic E-state index is 0.0801. The van der Waals surface area contributed by atoms with E-state index in [1.807, 2.05) is 18.7 Å². The van der Waals surface area contributed by atoms with Gasteiger partial charge in [0.15, 0.2) is 5.69 Å². The van der Waals surface area contributed by atoms with E-state index in [-0.39, 0.29) is 5.91 Å². The highest BCUT2D eigenvalue weighted by Gasteiger charge is 2.22. The van der Waals surface area contributed by atoms with Crippen molar-refractivity contribution < 1.29 is 4.79 Å². The number of piperidine rings is 1. The smallest absolute Gasteiger partial charge is 0.274 e. The Balaban J connectivity index is 2.16. The van der Waals surface area contributed by atoms with Crippen molar-refractivity contribution in [3.8, 4) is 0 Å². The normalized spacial score (nSPS) is 16.8. The Morgan fingerprint density at radius 2 is 1.93 bits per heavy atom. The van der Waals surface area contributed by atoms with Gasteiger partial charge >= 0.3 is 0 Å². The summed E-state index contributed by atoms with van der Waals surface area (Å²) in [7, 11) is 0. The van der Waals surface area contributed by atoms with Gasteiger partial charge in [0.25, 0.3) is 5.91 Å². The molecular weight excluding hydrogens is 190 g/mol. The molecule has 0 unspecified atom stereocenters. The number of carbonyl (C=O) groups is 1. The third kappa shape index (κ3) is 1.89. The number of likely N-dealkylation sites (tertiary alicyclic amines) is 1. The summed E-state index contributed by atoms with van der Waals surface area (Å²) in [5, 5.41) is 6.93. The number of hydrogen-bond donors (Lipinski definition) is 1. The summed E-state index contributed by atoms with van der Waals surface area (Å²) in [4.78, 5) is 14.0. The van der Waals surface area contributed by atoms with Gasteiger partial charge in [-0.2, -0.15) is 5.10 Å². The van der Waals surface area contributed by atoms with Gasteiger partial charge in [-0.25, -0.2) is 0 Å². The van der Waals surface area contributed by atoms with Crippen LogP contribution in [-0.2, 0) is 0 Å². The monoisotopic (exact) mass is 207 g/mol. The van der Waals surface area contributed by atoms with E-state index >= 15 is 0 Å². The first kappa shape index (κ1) is 10.2. The third-order valence-electron chi connectivity index (χ3n) is 3.10. The van der Waals surface area contributed by atoms with Gasteiger partial charge < -0.3 is 4.90 Å². The SMILES string of the molecule is Cc1[nH]nc(C(=O)N2CCCCC2)c1C. The van der Waals surface area contributed by atoms with Crippen molar-refractivity contribution in [2.75, 3.05) is 13.1 Å². The second kappa shape index (κ2) is 4.04. The van der Waals surface area contributed by atoms with E-state index in [0.717, 1.165) is 37.2 Å². The van der Waals surface area contributed by atoms with Crippen LogP contribution < -0.4 is 0 Å². The molecule has 15 heavy (non-hydrogen) atoms. The standard InChI is InChI=1S/C11H17N3O/c1-8-9(2)12-13-10(8)11(15)14-6-4-3-5-7-14/h3-7H2,1-2H3,(H,12,13). The first-order chi connectivity index (χ1) is 7.20. The third-order valence-corrected chi connectivity index (χ3v) is 3.10. The number of amides is 1. The predicted molar refractivity (Wildman–Crippen MR) is 57.8 cm³/mol. The van der Waals surface area contributed by atoms with Crippen LogP contribution in [0.2, 0.25) is 0 Å². The van der Waals surface area contributed by atoms with Gasteiger partial charge in [-0.3, -0.25) is 9.89 Å². The summed E-state index contributed by atoms with van der Waals surface area (Å²) in [5.41, 5.74) is 2.55. The Morgan fingerprint density at radius 3 is 2.47 bits per heavy atom. The van der Waals surface area contributed by atoms with Crippen LogP contribution in [0.1, 0.15) is 41.0 Å². The molecule has 0 atom stereocenters. The van der Waals surface area contributed by atoms with Crippen LogP contribution in [0.4, 0.5) is 0 Å². The van der Waals surface area contributed by atoms with E-state index in [9.17, 15) is 4.79 Å². The fourth-order valence-electron chi connectivity index (χ4n) is 1.94. The average Bonchev–Trinajstić information content (AvgIpc) is 2.60. The maximum Gasteiger partial charge on any atom is 0.274 e. The van der Waals surface area contributed by atoms with Crippen molar-refractivity contribution >= 4 is 5.91 Å². The van der Waals surface area contributed by atoms with Crippen LogP contribution in [0.5, 0.6) is 0 Å². The van der Waals surface area contributed by atoms with Gasteiger partial charge in [-0.05, 0) is 33.1 Å². The predicted octanol–water partition coefficient (Wildman–Crippen LogP) is 1.65. The van der Waals surface area contributed by atoms with Crippen LogP contribution in [0, 0.1) is 13.8 Å². The van der Waals surface area contributed by atoms with Crippen molar-refractivity contribution in [2.24, 2.45) is 0 Å². The second-order valence-electron chi connectivity index (χ2n) is 4.18. The Kier molecular flexibility index (Phi) is 2.75. The van der Waals surface area contributed by atoms with Crippen molar-refractivity contribution in [1.29, 1.82) is 0 Å². The molecule has 4 nitrogen and oxygen atoms in total. The number of carbonyl (C=O) groups excluding carboxylic acids is 1. The minimum Gasteiger partial charge on any atom is -0.337 e. The minimum atomic E-state index is 0.0801. The molecule has 2 rings (SSSR count). The number of aromatic nitrogens is 2. The molecule has 0 bridgehead atoms. The molecule has 1 aromatic heterocycles. The molecule has 1 aromatic rings. The summed E-state index contributed by atoms with van der Waals surface area (Å²) in [5.74, 6) is 0.0801. The number of hydrogen-bond acceptors (Lipinski definition) is 2. The van der Waals surface area contributed by atoms with Crippen molar-refractivity contribution in [2.45, 2.75) is 33.1 Å². The quantitative estimate of drug-likeness (QED) is 0.761. The van der Waals surface area contributed by atoms with Gasteiger partial charge in [0.05, 0.1) is 0 Å². The van der Waals surface area contributed by atoms with Gasteiger partial charge in [0.2, 0.25) is 0 Å². The number of nitrogens with zero attached hydrogens (tertiary/aromatic N) is 2. The average molecular weight is 207 g/mol. The topological polar surface area (TPSA) is 49.0 Å². The Hall–Kier alpha value is -1.32. The lowest BCUT2D eigenvalue weighted by molar-refractivity contribution is 0.0717. The fourth-order valence-corrected chi connectivity index (χ4v) is 1.94. The van der Waals surface area contributed by atoms with E-state index in [4.69, 9.17) is 0 Å². The van der Waals surface area contributed by atoms with Crippen LogP contribution in [-0.4, -0.2) is 34.1 Å². The molecule has 1 fully saturated rings. The van der Waals surface area contributed by atoms with Crippen molar-refractivity contribution in [3.63, 3.8) is 0 Å². The molecule has 0 saturated carbocycles. The summed E-state index contributed by atoms with van der Waals surface area (Å²) < 4.78 is 0. The maximum atomic E-state index is 12.1. The van der Waals surface area contributed by atoms with E-state index in [0.29, 0.717) is 5.69 Å². The zero-order valence-electron chi connectivity index (χ0n) is 9.34. The summed E-state index contributed by atoms with van der Waals surface area (Å²) in [6.07, 6.45) is 3.48. The highest BCUT2D eigenvalue weighted by atomic mass is 16.2. The molecule has 1 saturated heterocycles. The lowest BCUT2D eigenvalue weighted by atomic mass is 10.1. The van der Waals surface area contributed by atoms with E-state index in [2.05, 4.69) is 10.2 Å². The first-order valence-corrected chi connectivity index (χ1v) is 5.51. The Bertz CT molecular complexity index is 364. The molecule has 0 spiro atoms. The lowest BCUT2D eigenvalue weighted by Crippen LogP contribution is -2.36. The van der Waals surface area contributed by atoms with Crippen LogP contribution >= 0.6 is 0 Å². The summed E-state index contributed by atoms with van der Waals surface area (Å²) >= 11 is 0. The van der Waals surface area contributed by atoms with Crippen molar-refractivity contribution in [3.05, 3.63) is 17.0 Å². The molecule has 1 aliphatic heterocycles. The number of nitrogens with one attached hydrogen (secondary N) is 1.